The Morgan fingerprint density at radius 3 is 2.44 bits per heavy atom. The molecule has 1 saturated heterocycles. The number of para-hydroxylation sites is 1. The van der Waals surface area contributed by atoms with E-state index in [1.54, 1.807) is 38.1 Å². The van der Waals surface area contributed by atoms with Gasteiger partial charge in [-0.1, -0.05) is 35.9 Å². The molecule has 1 aromatic heterocycles. The number of sulfone groups is 1. The minimum Gasteiger partial charge on any atom is -0.396 e. The predicted molar refractivity (Wildman–Crippen MR) is 144 cm³/mol. The maximum atomic E-state index is 12.8. The maximum absolute atomic E-state index is 12.8. The molecule has 36 heavy (non-hydrogen) atoms. The molecule has 2 aromatic carbocycles. The number of benzene rings is 2. The number of nitrogens with one attached hydrogen (secondary N) is 2. The van der Waals surface area contributed by atoms with E-state index < -0.39 is 15.1 Å². The summed E-state index contributed by atoms with van der Waals surface area (Å²) in [4.78, 5) is 11.3. The molecule has 8 nitrogen and oxygen atoms in total. The van der Waals surface area contributed by atoms with E-state index >= 15 is 0 Å². The lowest BCUT2D eigenvalue weighted by molar-refractivity contribution is 0.127. The Labute approximate surface area is 217 Å². The molecular formula is C26H32ClN5O3S. The van der Waals surface area contributed by atoms with Crippen LogP contribution in [0.15, 0.2) is 59.6 Å². The molecule has 0 amide bonds. The van der Waals surface area contributed by atoms with Gasteiger partial charge in [-0.25, -0.2) is 13.4 Å². The van der Waals surface area contributed by atoms with Crippen LogP contribution in [0.2, 0.25) is 5.02 Å². The van der Waals surface area contributed by atoms with Gasteiger partial charge in [0, 0.05) is 18.8 Å². The summed E-state index contributed by atoms with van der Waals surface area (Å²) < 4.78 is 25.6. The molecule has 0 unspecified atom stereocenters. The number of halogens is 1. The summed E-state index contributed by atoms with van der Waals surface area (Å²) in [5.41, 5.74) is 2.45. The number of aromatic nitrogens is 2. The SMILES string of the molecule is CC(C)S(=O)(=O)c1ccccc1Nc1nc(Nc2ccc(CN3CCC(CO)CC3)cc2)ncc1Cl. The average Bonchev–Trinajstić information content (AvgIpc) is 2.88. The van der Waals surface area contributed by atoms with Crippen molar-refractivity contribution in [2.75, 3.05) is 30.3 Å². The Morgan fingerprint density at radius 2 is 1.78 bits per heavy atom. The van der Waals surface area contributed by atoms with Gasteiger partial charge in [0.25, 0.3) is 0 Å². The highest BCUT2D eigenvalue weighted by Crippen LogP contribution is 2.30. The molecule has 0 spiro atoms. The maximum Gasteiger partial charge on any atom is 0.229 e. The minimum atomic E-state index is -3.50. The van der Waals surface area contributed by atoms with E-state index in [0.717, 1.165) is 38.2 Å². The van der Waals surface area contributed by atoms with Crippen molar-refractivity contribution >= 4 is 44.6 Å². The summed E-state index contributed by atoms with van der Waals surface area (Å²) in [5, 5.41) is 15.3. The third-order valence-corrected chi connectivity index (χ3v) is 8.88. The van der Waals surface area contributed by atoms with Crippen LogP contribution in [0.3, 0.4) is 0 Å². The largest absolute Gasteiger partial charge is 0.396 e. The third-order valence-electron chi connectivity index (χ3n) is 6.39. The van der Waals surface area contributed by atoms with Crippen molar-refractivity contribution in [2.24, 2.45) is 5.92 Å². The second kappa shape index (κ2) is 11.6. The number of hydrogen-bond donors (Lipinski definition) is 3. The summed E-state index contributed by atoms with van der Waals surface area (Å²) in [7, 11) is -3.50. The first-order valence-electron chi connectivity index (χ1n) is 12.1. The molecule has 192 valence electrons. The molecule has 10 heteroatoms. The Balaban J connectivity index is 1.45. The molecular weight excluding hydrogens is 498 g/mol. The second-order valence-corrected chi connectivity index (χ2v) is 12.2. The van der Waals surface area contributed by atoms with Gasteiger partial charge in [-0.3, -0.25) is 4.90 Å². The van der Waals surface area contributed by atoms with Crippen LogP contribution in [0.25, 0.3) is 0 Å². The van der Waals surface area contributed by atoms with E-state index in [-0.39, 0.29) is 16.5 Å². The lowest BCUT2D eigenvalue weighted by atomic mass is 9.97. The molecule has 4 rings (SSSR count). The summed E-state index contributed by atoms with van der Waals surface area (Å²) in [6.07, 6.45) is 3.55. The number of piperidine rings is 1. The zero-order valence-electron chi connectivity index (χ0n) is 20.5. The first-order valence-corrected chi connectivity index (χ1v) is 14.0. The second-order valence-electron chi connectivity index (χ2n) is 9.33. The Hall–Kier alpha value is -2.72. The molecule has 1 aliphatic rings. The molecule has 1 fully saturated rings. The number of hydrogen-bond acceptors (Lipinski definition) is 8. The number of likely N-dealkylation sites (tertiary alicyclic amines) is 1. The highest BCUT2D eigenvalue weighted by Gasteiger charge is 2.23. The number of aliphatic hydroxyl groups excluding tert-OH is 1. The van der Waals surface area contributed by atoms with Crippen LogP contribution in [-0.4, -0.2) is 53.3 Å². The van der Waals surface area contributed by atoms with Gasteiger partial charge in [-0.15, -0.1) is 0 Å². The molecule has 0 radical (unpaired) electrons. The van der Waals surface area contributed by atoms with E-state index in [1.165, 1.54) is 11.8 Å². The first-order chi connectivity index (χ1) is 17.3. The van der Waals surface area contributed by atoms with Crippen molar-refractivity contribution in [1.82, 2.24) is 14.9 Å². The van der Waals surface area contributed by atoms with Gasteiger partial charge in [0.2, 0.25) is 5.95 Å². The summed E-state index contributed by atoms with van der Waals surface area (Å²) in [6, 6.07) is 14.8. The Kier molecular flexibility index (Phi) is 8.46. The number of rotatable bonds is 9. The van der Waals surface area contributed by atoms with Gasteiger partial charge in [0.05, 0.1) is 22.0 Å². The van der Waals surface area contributed by atoms with E-state index in [4.69, 9.17) is 11.6 Å². The van der Waals surface area contributed by atoms with E-state index in [0.29, 0.717) is 23.4 Å². The van der Waals surface area contributed by atoms with Crippen LogP contribution < -0.4 is 10.6 Å². The summed E-state index contributed by atoms with van der Waals surface area (Å²) >= 11 is 6.33. The molecule has 0 saturated carbocycles. The zero-order valence-corrected chi connectivity index (χ0v) is 22.1. The van der Waals surface area contributed by atoms with Gasteiger partial charge in [0.15, 0.2) is 15.7 Å². The van der Waals surface area contributed by atoms with Crippen LogP contribution in [-0.2, 0) is 16.4 Å². The molecule has 1 aliphatic heterocycles. The molecule has 3 N–H and O–H groups in total. The van der Waals surface area contributed by atoms with Crippen LogP contribution in [0.4, 0.5) is 23.1 Å². The number of aliphatic hydroxyl groups is 1. The van der Waals surface area contributed by atoms with Crippen LogP contribution >= 0.6 is 11.6 Å². The van der Waals surface area contributed by atoms with Crippen molar-refractivity contribution in [3.8, 4) is 0 Å². The molecule has 0 aliphatic carbocycles. The zero-order chi connectivity index (χ0) is 25.7. The minimum absolute atomic E-state index is 0.195. The smallest absolute Gasteiger partial charge is 0.229 e. The average molecular weight is 530 g/mol. The van der Waals surface area contributed by atoms with Crippen LogP contribution in [0, 0.1) is 5.92 Å². The predicted octanol–water partition coefficient (Wildman–Crippen LogP) is 5.00. The van der Waals surface area contributed by atoms with Gasteiger partial charge >= 0.3 is 0 Å². The summed E-state index contributed by atoms with van der Waals surface area (Å²) in [6.45, 7) is 6.46. The highest BCUT2D eigenvalue weighted by atomic mass is 35.5. The summed E-state index contributed by atoms with van der Waals surface area (Å²) in [5.74, 6) is 1.08. The lowest BCUT2D eigenvalue weighted by Gasteiger charge is -2.31. The van der Waals surface area contributed by atoms with Gasteiger partial charge in [-0.05, 0) is 75.5 Å². The monoisotopic (exact) mass is 529 g/mol. The molecule has 0 bridgehead atoms. The molecule has 0 atom stereocenters. The third kappa shape index (κ3) is 6.34. The van der Waals surface area contributed by atoms with Crippen LogP contribution in [0.1, 0.15) is 32.3 Å². The fourth-order valence-corrected chi connectivity index (χ4v) is 5.46. The quantitative estimate of drug-likeness (QED) is 0.355. The van der Waals surface area contributed by atoms with E-state index in [1.807, 2.05) is 12.1 Å². The first kappa shape index (κ1) is 26.3. The van der Waals surface area contributed by atoms with Crippen molar-refractivity contribution in [3.63, 3.8) is 0 Å². The van der Waals surface area contributed by atoms with Crippen LogP contribution in [0.5, 0.6) is 0 Å². The molecule has 3 aromatic rings. The number of nitrogens with zero attached hydrogens (tertiary/aromatic N) is 3. The highest BCUT2D eigenvalue weighted by molar-refractivity contribution is 7.92. The topological polar surface area (TPSA) is 107 Å². The van der Waals surface area contributed by atoms with Crippen molar-refractivity contribution in [3.05, 3.63) is 65.3 Å². The van der Waals surface area contributed by atoms with Crippen molar-refractivity contribution < 1.29 is 13.5 Å². The van der Waals surface area contributed by atoms with Crippen molar-refractivity contribution in [1.29, 1.82) is 0 Å². The molecule has 2 heterocycles. The number of anilines is 4. The fraction of sp³-hybridized carbons (Fsp3) is 0.385. The Bertz CT molecular complexity index is 1280. The van der Waals surface area contributed by atoms with Gasteiger partial charge < -0.3 is 15.7 Å². The van der Waals surface area contributed by atoms with E-state index in [2.05, 4.69) is 37.6 Å². The standard InChI is InChI=1S/C26H32ClN5O3S/c1-18(2)36(34,35)24-6-4-3-5-23(24)30-25-22(27)15-28-26(31-25)29-21-9-7-19(8-10-21)16-32-13-11-20(17-33)12-14-32/h3-10,15,18,20,33H,11-14,16-17H2,1-2H3,(H2,28,29,30,31). The van der Waals surface area contributed by atoms with Crippen molar-refractivity contribution in [2.45, 2.75) is 43.4 Å². The Morgan fingerprint density at radius 1 is 1.08 bits per heavy atom. The van der Waals surface area contributed by atoms with Gasteiger partial charge in [-0.2, -0.15) is 4.98 Å². The van der Waals surface area contributed by atoms with E-state index in [9.17, 15) is 13.5 Å². The normalized spacial score (nSPS) is 15.2. The fourth-order valence-electron chi connectivity index (χ4n) is 4.12. The lowest BCUT2D eigenvalue weighted by Crippen LogP contribution is -2.34. The van der Waals surface area contributed by atoms with Gasteiger partial charge in [0.1, 0.15) is 5.02 Å².